The number of hydrogen-bond acceptors (Lipinski definition) is 3. The molecule has 2 bridgehead atoms. The van der Waals surface area contributed by atoms with Gasteiger partial charge in [-0.05, 0) is 42.7 Å². The van der Waals surface area contributed by atoms with E-state index in [9.17, 15) is 5.11 Å². The van der Waals surface area contributed by atoms with Crippen molar-refractivity contribution in [2.24, 2.45) is 0 Å². The van der Waals surface area contributed by atoms with Gasteiger partial charge in [0.05, 0.1) is 5.60 Å². The minimum Gasteiger partial charge on any atom is -0.385 e. The first kappa shape index (κ1) is 12.7. The van der Waals surface area contributed by atoms with Gasteiger partial charge in [-0.3, -0.25) is 4.98 Å². The van der Waals surface area contributed by atoms with Crippen molar-refractivity contribution in [2.75, 3.05) is 0 Å². The maximum absolute atomic E-state index is 11.3. The van der Waals surface area contributed by atoms with Crippen LogP contribution in [0, 0.1) is 0 Å². The van der Waals surface area contributed by atoms with Crippen LogP contribution in [-0.2, 0) is 5.60 Å². The first-order valence-corrected chi connectivity index (χ1v) is 8.40. The fourth-order valence-corrected chi connectivity index (χ4v) is 5.76. The SMILES string of the molecule is OC1(c2cccc3cnccc23)CC2CCCC(C1)S2. The summed E-state index contributed by atoms with van der Waals surface area (Å²) in [5.74, 6) is 0. The van der Waals surface area contributed by atoms with E-state index in [0.717, 1.165) is 29.2 Å². The Bertz CT molecular complexity index is 624. The molecule has 2 aliphatic rings. The number of benzene rings is 1. The number of hydrogen-bond donors (Lipinski definition) is 1. The summed E-state index contributed by atoms with van der Waals surface area (Å²) in [6.45, 7) is 0. The minimum atomic E-state index is -0.651. The zero-order chi connectivity index (χ0) is 13.6. The van der Waals surface area contributed by atoms with Gasteiger partial charge in [-0.1, -0.05) is 24.6 Å². The molecule has 2 aromatic rings. The first-order valence-electron chi connectivity index (χ1n) is 7.46. The fourth-order valence-electron chi connectivity index (χ4n) is 3.87. The van der Waals surface area contributed by atoms with E-state index in [2.05, 4.69) is 34.9 Å². The third kappa shape index (κ3) is 2.04. The molecule has 1 aromatic carbocycles. The molecule has 0 amide bonds. The van der Waals surface area contributed by atoms with Gasteiger partial charge in [-0.15, -0.1) is 0 Å². The highest BCUT2D eigenvalue weighted by Gasteiger charge is 2.43. The van der Waals surface area contributed by atoms with Gasteiger partial charge >= 0.3 is 0 Å². The fraction of sp³-hybridized carbons (Fsp3) is 0.471. The summed E-state index contributed by atoms with van der Waals surface area (Å²) in [6, 6.07) is 8.27. The van der Waals surface area contributed by atoms with Crippen molar-refractivity contribution in [3.63, 3.8) is 0 Å². The van der Waals surface area contributed by atoms with Crippen LogP contribution in [0.5, 0.6) is 0 Å². The highest BCUT2D eigenvalue weighted by atomic mass is 32.2. The molecule has 3 heteroatoms. The van der Waals surface area contributed by atoms with E-state index in [1.807, 2.05) is 18.5 Å². The van der Waals surface area contributed by atoms with Gasteiger partial charge in [0.15, 0.2) is 0 Å². The zero-order valence-electron chi connectivity index (χ0n) is 11.5. The van der Waals surface area contributed by atoms with Crippen LogP contribution in [0.2, 0.25) is 0 Å². The standard InChI is InChI=1S/C17H19NOS/c19-17(9-13-4-2-5-14(10-17)20-13)16-6-1-3-12-11-18-8-7-15(12)16/h1,3,6-8,11,13-14,19H,2,4-5,9-10H2. The zero-order valence-corrected chi connectivity index (χ0v) is 12.3. The topological polar surface area (TPSA) is 33.1 Å². The lowest BCUT2D eigenvalue weighted by Gasteiger charge is -2.44. The number of rotatable bonds is 1. The second-order valence-corrected chi connectivity index (χ2v) is 7.76. The predicted molar refractivity (Wildman–Crippen MR) is 83.9 cm³/mol. The molecule has 0 saturated carbocycles. The van der Waals surface area contributed by atoms with Gasteiger partial charge < -0.3 is 5.11 Å². The van der Waals surface area contributed by atoms with Crippen LogP contribution in [0.4, 0.5) is 0 Å². The Morgan fingerprint density at radius 3 is 2.75 bits per heavy atom. The molecule has 0 radical (unpaired) electrons. The van der Waals surface area contributed by atoms with Crippen molar-refractivity contribution in [2.45, 2.75) is 48.2 Å². The van der Waals surface area contributed by atoms with Gasteiger partial charge in [-0.25, -0.2) is 0 Å². The van der Waals surface area contributed by atoms with Crippen LogP contribution >= 0.6 is 11.8 Å². The number of aromatic nitrogens is 1. The summed E-state index contributed by atoms with van der Waals surface area (Å²) >= 11 is 2.10. The monoisotopic (exact) mass is 285 g/mol. The van der Waals surface area contributed by atoms with Gasteiger partial charge in [-0.2, -0.15) is 11.8 Å². The van der Waals surface area contributed by atoms with E-state index < -0.39 is 5.60 Å². The molecule has 20 heavy (non-hydrogen) atoms. The highest BCUT2D eigenvalue weighted by molar-refractivity contribution is 8.00. The Kier molecular flexibility index (Phi) is 3.00. The normalized spacial score (nSPS) is 33.2. The highest BCUT2D eigenvalue weighted by Crippen LogP contribution is 2.50. The molecule has 2 aliphatic heterocycles. The summed E-state index contributed by atoms with van der Waals surface area (Å²) in [4.78, 5) is 4.19. The van der Waals surface area contributed by atoms with Crippen LogP contribution in [0.3, 0.4) is 0 Å². The molecule has 4 rings (SSSR count). The molecule has 104 valence electrons. The van der Waals surface area contributed by atoms with Crippen molar-refractivity contribution in [1.29, 1.82) is 0 Å². The van der Waals surface area contributed by atoms with Crippen molar-refractivity contribution in [3.05, 3.63) is 42.2 Å². The number of aliphatic hydroxyl groups is 1. The van der Waals surface area contributed by atoms with Gasteiger partial charge in [0.1, 0.15) is 0 Å². The minimum absolute atomic E-state index is 0.629. The molecular weight excluding hydrogens is 266 g/mol. The lowest BCUT2D eigenvalue weighted by Crippen LogP contribution is -2.40. The Hall–Kier alpha value is -1.06. The van der Waals surface area contributed by atoms with Crippen molar-refractivity contribution in [1.82, 2.24) is 4.98 Å². The van der Waals surface area contributed by atoms with Crippen LogP contribution in [0.25, 0.3) is 10.8 Å². The number of nitrogens with zero attached hydrogens (tertiary/aromatic N) is 1. The van der Waals surface area contributed by atoms with Crippen LogP contribution in [0.15, 0.2) is 36.7 Å². The van der Waals surface area contributed by atoms with Gasteiger partial charge in [0, 0.05) is 28.3 Å². The third-order valence-electron chi connectivity index (χ3n) is 4.75. The van der Waals surface area contributed by atoms with E-state index in [4.69, 9.17) is 0 Å². The lowest BCUT2D eigenvalue weighted by atomic mass is 9.79. The summed E-state index contributed by atoms with van der Waals surface area (Å²) < 4.78 is 0. The maximum Gasteiger partial charge on any atom is 0.0923 e. The largest absolute Gasteiger partial charge is 0.385 e. The van der Waals surface area contributed by atoms with Crippen LogP contribution < -0.4 is 0 Å². The molecule has 1 N–H and O–H groups in total. The van der Waals surface area contributed by atoms with E-state index in [1.54, 1.807) is 0 Å². The van der Waals surface area contributed by atoms with E-state index in [0.29, 0.717) is 10.5 Å². The number of fused-ring (bicyclic) bond motifs is 3. The molecule has 2 unspecified atom stereocenters. The second-order valence-electron chi connectivity index (χ2n) is 6.15. The lowest BCUT2D eigenvalue weighted by molar-refractivity contribution is 0.00954. The second kappa shape index (κ2) is 4.74. The van der Waals surface area contributed by atoms with Crippen molar-refractivity contribution < 1.29 is 5.11 Å². The maximum atomic E-state index is 11.3. The molecule has 3 heterocycles. The molecule has 2 atom stereocenters. The van der Waals surface area contributed by atoms with Crippen LogP contribution in [0.1, 0.15) is 37.7 Å². The number of pyridine rings is 1. The third-order valence-corrected chi connectivity index (χ3v) is 6.32. The summed E-state index contributed by atoms with van der Waals surface area (Å²) in [7, 11) is 0. The smallest absolute Gasteiger partial charge is 0.0923 e. The molecular formula is C17H19NOS. The van der Waals surface area contributed by atoms with E-state index >= 15 is 0 Å². The Balaban J connectivity index is 1.81. The van der Waals surface area contributed by atoms with Gasteiger partial charge in [0.25, 0.3) is 0 Å². The predicted octanol–water partition coefficient (Wildman–Crippen LogP) is 3.87. The molecule has 0 aliphatic carbocycles. The summed E-state index contributed by atoms with van der Waals surface area (Å²) in [5.41, 5.74) is 0.455. The average molecular weight is 285 g/mol. The van der Waals surface area contributed by atoms with Gasteiger partial charge in [0.2, 0.25) is 0 Å². The summed E-state index contributed by atoms with van der Waals surface area (Å²) in [5, 5.41) is 14.9. The average Bonchev–Trinajstić information content (AvgIpc) is 2.46. The molecule has 0 spiro atoms. The Morgan fingerprint density at radius 2 is 1.95 bits per heavy atom. The number of thioether (sulfide) groups is 1. The van der Waals surface area contributed by atoms with Crippen LogP contribution in [-0.4, -0.2) is 20.6 Å². The Labute approximate surface area is 123 Å². The van der Waals surface area contributed by atoms with Crippen molar-refractivity contribution in [3.8, 4) is 0 Å². The molecule has 2 fully saturated rings. The first-order chi connectivity index (χ1) is 9.74. The van der Waals surface area contributed by atoms with E-state index in [1.165, 1.54) is 19.3 Å². The summed E-state index contributed by atoms with van der Waals surface area (Å²) in [6.07, 6.45) is 9.36. The van der Waals surface area contributed by atoms with Crippen molar-refractivity contribution >= 4 is 22.5 Å². The molecule has 1 aromatic heterocycles. The Morgan fingerprint density at radius 1 is 1.15 bits per heavy atom. The van der Waals surface area contributed by atoms with E-state index in [-0.39, 0.29) is 0 Å². The molecule has 2 nitrogen and oxygen atoms in total. The molecule has 2 saturated heterocycles. The quantitative estimate of drug-likeness (QED) is 0.863.